The number of phenols is 1. The van der Waals surface area contributed by atoms with Gasteiger partial charge in [0.25, 0.3) is 5.91 Å². The summed E-state index contributed by atoms with van der Waals surface area (Å²) in [5, 5.41) is 11.9. The summed E-state index contributed by atoms with van der Waals surface area (Å²) in [6, 6.07) is 13.0. The van der Waals surface area contributed by atoms with Crippen LogP contribution in [0.1, 0.15) is 15.9 Å². The van der Waals surface area contributed by atoms with Crippen molar-refractivity contribution < 1.29 is 24.2 Å². The molecule has 120 valence electrons. The predicted octanol–water partition coefficient (Wildman–Crippen LogP) is 1.87. The van der Waals surface area contributed by atoms with Gasteiger partial charge in [0.1, 0.15) is 11.5 Å². The lowest BCUT2D eigenvalue weighted by atomic mass is 10.2. The summed E-state index contributed by atoms with van der Waals surface area (Å²) in [7, 11) is 1.57. The molecule has 2 rings (SSSR count). The van der Waals surface area contributed by atoms with Crippen LogP contribution in [-0.4, -0.2) is 30.7 Å². The predicted molar refractivity (Wildman–Crippen MR) is 83.2 cm³/mol. The van der Waals surface area contributed by atoms with Gasteiger partial charge < -0.3 is 19.9 Å². The van der Waals surface area contributed by atoms with Crippen LogP contribution < -0.4 is 10.1 Å². The Hall–Kier alpha value is -3.02. The third-order valence-electron chi connectivity index (χ3n) is 3.04. The zero-order valence-electron chi connectivity index (χ0n) is 12.6. The molecule has 6 nitrogen and oxygen atoms in total. The molecule has 0 radical (unpaired) electrons. The second kappa shape index (κ2) is 7.84. The zero-order valence-corrected chi connectivity index (χ0v) is 12.6. The molecule has 0 fully saturated rings. The number of nitrogens with one attached hydrogen (secondary N) is 1. The van der Waals surface area contributed by atoms with E-state index in [1.54, 1.807) is 13.2 Å². The fraction of sp³-hybridized carbons (Fsp3) is 0.176. The summed E-state index contributed by atoms with van der Waals surface area (Å²) in [4.78, 5) is 23.4. The molecule has 0 bridgehead atoms. The van der Waals surface area contributed by atoms with Crippen molar-refractivity contribution >= 4 is 11.9 Å². The smallest absolute Gasteiger partial charge is 0.338 e. The summed E-state index contributed by atoms with van der Waals surface area (Å²) >= 11 is 0. The normalized spacial score (nSPS) is 9.96. The van der Waals surface area contributed by atoms with Gasteiger partial charge >= 0.3 is 5.97 Å². The molecule has 1 amide bonds. The van der Waals surface area contributed by atoms with Crippen LogP contribution in [0.3, 0.4) is 0 Å². The van der Waals surface area contributed by atoms with Gasteiger partial charge in [-0.3, -0.25) is 4.79 Å². The van der Waals surface area contributed by atoms with Gasteiger partial charge in [0, 0.05) is 6.54 Å². The average Bonchev–Trinajstić information content (AvgIpc) is 2.58. The fourth-order valence-corrected chi connectivity index (χ4v) is 1.88. The highest BCUT2D eigenvalue weighted by Gasteiger charge is 2.10. The number of phenolic OH excluding ortho intramolecular Hbond substituents is 1. The molecule has 2 aromatic rings. The summed E-state index contributed by atoms with van der Waals surface area (Å²) in [5.41, 5.74) is 1.06. The molecule has 2 N–H and O–H groups in total. The summed E-state index contributed by atoms with van der Waals surface area (Å²) in [6.45, 7) is -0.0852. The minimum atomic E-state index is -0.669. The van der Waals surface area contributed by atoms with Gasteiger partial charge in [0.05, 0.1) is 12.7 Å². The summed E-state index contributed by atoms with van der Waals surface area (Å²) < 4.78 is 9.99. The van der Waals surface area contributed by atoms with E-state index in [4.69, 9.17) is 9.47 Å². The van der Waals surface area contributed by atoms with Crippen molar-refractivity contribution in [3.63, 3.8) is 0 Å². The second-order valence-electron chi connectivity index (χ2n) is 4.75. The maximum absolute atomic E-state index is 11.7. The Balaban J connectivity index is 1.79. The summed E-state index contributed by atoms with van der Waals surface area (Å²) in [5.74, 6) is -0.423. The molecule has 0 heterocycles. The van der Waals surface area contributed by atoms with Crippen LogP contribution >= 0.6 is 0 Å². The first kappa shape index (κ1) is 16.4. The molecule has 0 aliphatic rings. The largest absolute Gasteiger partial charge is 0.508 e. The molecule has 0 saturated heterocycles. The average molecular weight is 315 g/mol. The van der Waals surface area contributed by atoms with Crippen molar-refractivity contribution in [3.05, 3.63) is 59.7 Å². The molecule has 2 aromatic carbocycles. The number of methoxy groups -OCH3 is 1. The van der Waals surface area contributed by atoms with E-state index in [1.165, 1.54) is 24.3 Å². The lowest BCUT2D eigenvalue weighted by Crippen LogP contribution is -2.28. The number of ether oxygens (including phenoxy) is 2. The first-order valence-corrected chi connectivity index (χ1v) is 6.94. The highest BCUT2D eigenvalue weighted by molar-refractivity contribution is 5.91. The molecule has 0 saturated carbocycles. The first-order chi connectivity index (χ1) is 11.1. The van der Waals surface area contributed by atoms with Crippen molar-refractivity contribution in [2.45, 2.75) is 6.54 Å². The number of rotatable bonds is 6. The number of carbonyl (C=O) groups excluding carboxylic acids is 2. The highest BCUT2D eigenvalue weighted by atomic mass is 16.5. The van der Waals surface area contributed by atoms with Crippen LogP contribution in [0.25, 0.3) is 0 Å². The van der Waals surface area contributed by atoms with Crippen LogP contribution in [0.2, 0.25) is 0 Å². The van der Waals surface area contributed by atoms with Crippen molar-refractivity contribution in [2.24, 2.45) is 0 Å². The topological polar surface area (TPSA) is 84.9 Å². The molecule has 0 spiro atoms. The minimum Gasteiger partial charge on any atom is -0.508 e. The van der Waals surface area contributed by atoms with Crippen molar-refractivity contribution in [1.82, 2.24) is 5.32 Å². The Morgan fingerprint density at radius 1 is 1.13 bits per heavy atom. The minimum absolute atomic E-state index is 0.0399. The molecule has 23 heavy (non-hydrogen) atoms. The zero-order chi connectivity index (χ0) is 16.7. The van der Waals surface area contributed by atoms with E-state index in [9.17, 15) is 14.7 Å². The van der Waals surface area contributed by atoms with E-state index in [1.807, 2.05) is 18.2 Å². The first-order valence-electron chi connectivity index (χ1n) is 6.94. The van der Waals surface area contributed by atoms with E-state index >= 15 is 0 Å². The Bertz CT molecular complexity index is 699. The van der Waals surface area contributed by atoms with Crippen molar-refractivity contribution in [1.29, 1.82) is 0 Å². The van der Waals surface area contributed by atoms with Gasteiger partial charge in [-0.2, -0.15) is 0 Å². The third kappa shape index (κ3) is 5.03. The number of esters is 1. The van der Waals surface area contributed by atoms with Crippen LogP contribution in [0.15, 0.2) is 48.5 Å². The lowest BCUT2D eigenvalue weighted by Gasteiger charge is -2.08. The molecule has 6 heteroatoms. The van der Waals surface area contributed by atoms with Crippen molar-refractivity contribution in [3.8, 4) is 11.5 Å². The maximum atomic E-state index is 11.7. The Morgan fingerprint density at radius 3 is 2.65 bits per heavy atom. The standard InChI is InChI=1S/C17H17NO5/c1-22-15-7-2-4-12(8-15)10-18-16(20)11-23-17(21)13-5-3-6-14(19)9-13/h2-9,19H,10-11H2,1H3,(H,18,20). The van der Waals surface area contributed by atoms with Gasteiger partial charge in [-0.05, 0) is 35.9 Å². The lowest BCUT2D eigenvalue weighted by molar-refractivity contribution is -0.124. The summed E-state index contributed by atoms with van der Waals surface area (Å²) in [6.07, 6.45) is 0. The Kier molecular flexibility index (Phi) is 5.57. The molecule has 0 unspecified atom stereocenters. The number of hydrogen-bond donors (Lipinski definition) is 2. The highest BCUT2D eigenvalue weighted by Crippen LogP contribution is 2.13. The van der Waals surface area contributed by atoms with Crippen LogP contribution in [-0.2, 0) is 16.1 Å². The molecule has 0 aliphatic carbocycles. The number of hydrogen-bond acceptors (Lipinski definition) is 5. The van der Waals surface area contributed by atoms with Gasteiger partial charge in [-0.15, -0.1) is 0 Å². The fourth-order valence-electron chi connectivity index (χ4n) is 1.88. The van der Waals surface area contributed by atoms with Gasteiger partial charge in [0.15, 0.2) is 6.61 Å². The van der Waals surface area contributed by atoms with E-state index in [-0.39, 0.29) is 11.3 Å². The third-order valence-corrected chi connectivity index (χ3v) is 3.04. The van der Waals surface area contributed by atoms with E-state index in [0.717, 1.165) is 5.56 Å². The number of amides is 1. The molecule has 0 aromatic heterocycles. The molecule has 0 aliphatic heterocycles. The van der Waals surface area contributed by atoms with Crippen molar-refractivity contribution in [2.75, 3.05) is 13.7 Å². The van der Waals surface area contributed by atoms with Gasteiger partial charge in [-0.1, -0.05) is 18.2 Å². The molecular formula is C17H17NO5. The molecule has 0 atom stereocenters. The van der Waals surface area contributed by atoms with E-state index in [0.29, 0.717) is 12.3 Å². The molecular weight excluding hydrogens is 298 g/mol. The number of aromatic hydroxyl groups is 1. The van der Waals surface area contributed by atoms with E-state index in [2.05, 4.69) is 5.32 Å². The van der Waals surface area contributed by atoms with E-state index < -0.39 is 18.5 Å². The number of benzene rings is 2. The van der Waals surface area contributed by atoms with Gasteiger partial charge in [0.2, 0.25) is 0 Å². The van der Waals surface area contributed by atoms with Crippen LogP contribution in [0.5, 0.6) is 11.5 Å². The Morgan fingerprint density at radius 2 is 1.91 bits per heavy atom. The number of carbonyl (C=O) groups is 2. The quantitative estimate of drug-likeness (QED) is 0.795. The monoisotopic (exact) mass is 315 g/mol. The van der Waals surface area contributed by atoms with Crippen LogP contribution in [0.4, 0.5) is 0 Å². The SMILES string of the molecule is COc1cccc(CNC(=O)COC(=O)c2cccc(O)c2)c1. The second-order valence-corrected chi connectivity index (χ2v) is 4.75. The Labute approximate surface area is 133 Å². The maximum Gasteiger partial charge on any atom is 0.338 e. The van der Waals surface area contributed by atoms with Crippen LogP contribution in [0, 0.1) is 0 Å². The van der Waals surface area contributed by atoms with Gasteiger partial charge in [-0.25, -0.2) is 4.79 Å².